The molecule has 0 aromatic rings. The largest absolute Gasteiger partial charge is 0.377 e. The molecule has 3 aliphatic heterocycles. The molecule has 4 atom stereocenters. The van der Waals surface area contributed by atoms with E-state index < -0.39 is 0 Å². The Balaban J connectivity index is 1.22. The fourth-order valence-corrected chi connectivity index (χ4v) is 6.49. The van der Waals surface area contributed by atoms with Gasteiger partial charge in [0.2, 0.25) is 0 Å². The molecule has 5 aliphatic rings. The van der Waals surface area contributed by atoms with Crippen molar-refractivity contribution in [2.24, 2.45) is 22.2 Å². The van der Waals surface area contributed by atoms with E-state index in [2.05, 4.69) is 22.0 Å². The summed E-state index contributed by atoms with van der Waals surface area (Å²) in [7, 11) is 0. The molecule has 1 spiro atoms. The Morgan fingerprint density at radius 1 is 1.15 bits per heavy atom. The van der Waals surface area contributed by atoms with Crippen LogP contribution < -0.4 is 5.32 Å². The number of rotatable bonds is 4. The molecule has 5 nitrogen and oxygen atoms in total. The van der Waals surface area contributed by atoms with Gasteiger partial charge in [0.15, 0.2) is 5.96 Å². The Labute approximate surface area is 158 Å². The SMILES string of the molecule is CCN=C(NC1C2CCOC2C12CCC2)N1CCC(CN2CCCC2)C1. The predicted molar refractivity (Wildman–Crippen MR) is 104 cm³/mol. The van der Waals surface area contributed by atoms with Crippen LogP contribution in [0.4, 0.5) is 0 Å². The second-order valence-corrected chi connectivity index (χ2v) is 9.36. The Hall–Kier alpha value is -0.810. The van der Waals surface area contributed by atoms with E-state index in [9.17, 15) is 0 Å². The van der Waals surface area contributed by atoms with Crippen LogP contribution in [0.5, 0.6) is 0 Å². The number of fused-ring (bicyclic) bond motifs is 2. The summed E-state index contributed by atoms with van der Waals surface area (Å²) in [6.45, 7) is 10.3. The van der Waals surface area contributed by atoms with Crippen LogP contribution in [0.25, 0.3) is 0 Å². The van der Waals surface area contributed by atoms with E-state index in [1.807, 2.05) is 0 Å². The average molecular weight is 361 g/mol. The Morgan fingerprint density at radius 2 is 2.00 bits per heavy atom. The van der Waals surface area contributed by atoms with Gasteiger partial charge in [0.05, 0.1) is 6.10 Å². The lowest BCUT2D eigenvalue weighted by atomic mass is 9.46. The van der Waals surface area contributed by atoms with Crippen molar-refractivity contribution in [3.63, 3.8) is 0 Å². The van der Waals surface area contributed by atoms with Gasteiger partial charge in [-0.3, -0.25) is 4.99 Å². The molecule has 146 valence electrons. The van der Waals surface area contributed by atoms with E-state index in [0.717, 1.165) is 25.0 Å². The van der Waals surface area contributed by atoms with E-state index in [-0.39, 0.29) is 0 Å². The van der Waals surface area contributed by atoms with Crippen molar-refractivity contribution in [3.05, 3.63) is 0 Å². The standard InChI is InChI=1S/C21H36N4O/c1-2-22-20(25-12-6-16(15-25)14-24-10-3-4-11-24)23-18-17-7-13-26-19(17)21(18)8-5-9-21/h16-19H,2-15H2,1H3,(H,22,23). The summed E-state index contributed by atoms with van der Waals surface area (Å²) in [5.74, 6) is 2.73. The summed E-state index contributed by atoms with van der Waals surface area (Å²) in [4.78, 5) is 10.1. The van der Waals surface area contributed by atoms with E-state index >= 15 is 0 Å². The van der Waals surface area contributed by atoms with E-state index in [0.29, 0.717) is 17.6 Å². The first-order valence-corrected chi connectivity index (χ1v) is 11.2. The second kappa shape index (κ2) is 6.97. The lowest BCUT2D eigenvalue weighted by molar-refractivity contribution is -0.171. The lowest BCUT2D eigenvalue weighted by Gasteiger charge is -2.63. The lowest BCUT2D eigenvalue weighted by Crippen LogP contribution is -2.72. The van der Waals surface area contributed by atoms with Gasteiger partial charge in [-0.15, -0.1) is 0 Å². The Bertz CT molecular complexity index is 540. The maximum atomic E-state index is 6.10. The summed E-state index contributed by atoms with van der Waals surface area (Å²) in [6, 6.07) is 0.603. The molecular formula is C21H36N4O. The molecule has 2 saturated carbocycles. The van der Waals surface area contributed by atoms with Crippen molar-refractivity contribution >= 4 is 5.96 Å². The summed E-state index contributed by atoms with van der Waals surface area (Å²) in [5, 5.41) is 3.96. The molecule has 3 heterocycles. The molecular weight excluding hydrogens is 324 g/mol. The second-order valence-electron chi connectivity index (χ2n) is 9.36. The first kappa shape index (κ1) is 17.3. The molecule has 26 heavy (non-hydrogen) atoms. The molecule has 0 aromatic heterocycles. The van der Waals surface area contributed by atoms with Crippen molar-refractivity contribution in [1.29, 1.82) is 0 Å². The third-order valence-corrected chi connectivity index (χ3v) is 7.93. The quantitative estimate of drug-likeness (QED) is 0.617. The Morgan fingerprint density at radius 3 is 2.73 bits per heavy atom. The highest BCUT2D eigenvalue weighted by Gasteiger charge is 2.66. The van der Waals surface area contributed by atoms with Gasteiger partial charge in [-0.1, -0.05) is 6.42 Å². The monoisotopic (exact) mass is 360 g/mol. The molecule has 1 N–H and O–H groups in total. The molecule has 0 bridgehead atoms. The van der Waals surface area contributed by atoms with Crippen molar-refractivity contribution in [2.75, 3.05) is 45.9 Å². The van der Waals surface area contributed by atoms with Gasteiger partial charge < -0.3 is 19.9 Å². The average Bonchev–Trinajstić information content (AvgIpc) is 3.32. The fraction of sp³-hybridized carbons (Fsp3) is 0.952. The van der Waals surface area contributed by atoms with Crippen LogP contribution in [0.15, 0.2) is 4.99 Å². The van der Waals surface area contributed by atoms with Crippen LogP contribution in [-0.4, -0.2) is 73.8 Å². The van der Waals surface area contributed by atoms with Crippen molar-refractivity contribution in [3.8, 4) is 0 Å². The topological polar surface area (TPSA) is 40.1 Å². The van der Waals surface area contributed by atoms with Gasteiger partial charge in [0.1, 0.15) is 0 Å². The number of nitrogens with one attached hydrogen (secondary N) is 1. The third-order valence-electron chi connectivity index (χ3n) is 7.93. The highest BCUT2D eigenvalue weighted by Crippen LogP contribution is 2.62. The number of hydrogen-bond donors (Lipinski definition) is 1. The van der Waals surface area contributed by atoms with Crippen molar-refractivity contribution in [1.82, 2.24) is 15.1 Å². The molecule has 2 aliphatic carbocycles. The summed E-state index contributed by atoms with van der Waals surface area (Å²) >= 11 is 0. The third kappa shape index (κ3) is 2.77. The normalized spacial score (nSPS) is 39.1. The Kier molecular flexibility index (Phi) is 4.64. The molecule has 0 amide bonds. The van der Waals surface area contributed by atoms with Crippen molar-refractivity contribution < 1.29 is 4.74 Å². The highest BCUT2D eigenvalue weighted by atomic mass is 16.5. The summed E-state index contributed by atoms with van der Waals surface area (Å²) < 4.78 is 6.10. The number of hydrogen-bond acceptors (Lipinski definition) is 3. The van der Waals surface area contributed by atoms with E-state index in [4.69, 9.17) is 9.73 Å². The molecule has 5 heteroatoms. The fourth-order valence-electron chi connectivity index (χ4n) is 6.49. The van der Waals surface area contributed by atoms with Gasteiger partial charge in [-0.25, -0.2) is 0 Å². The van der Waals surface area contributed by atoms with Crippen LogP contribution in [0, 0.1) is 17.3 Å². The summed E-state index contributed by atoms with van der Waals surface area (Å²) in [5.41, 5.74) is 0.435. The van der Waals surface area contributed by atoms with Crippen LogP contribution in [0.1, 0.15) is 51.9 Å². The maximum absolute atomic E-state index is 6.10. The zero-order chi connectivity index (χ0) is 17.6. The van der Waals surface area contributed by atoms with Crippen LogP contribution in [0.3, 0.4) is 0 Å². The molecule has 5 fully saturated rings. The zero-order valence-electron chi connectivity index (χ0n) is 16.5. The number of guanidine groups is 1. The summed E-state index contributed by atoms with van der Waals surface area (Å²) in [6.07, 6.45) is 9.98. The first-order valence-electron chi connectivity index (χ1n) is 11.2. The molecule has 4 unspecified atom stereocenters. The molecule has 0 aromatic carbocycles. The van der Waals surface area contributed by atoms with E-state index in [1.54, 1.807) is 0 Å². The number of aliphatic imine (C=N–C) groups is 1. The van der Waals surface area contributed by atoms with Crippen LogP contribution >= 0.6 is 0 Å². The molecule has 5 rings (SSSR count). The van der Waals surface area contributed by atoms with Crippen molar-refractivity contribution in [2.45, 2.75) is 64.0 Å². The predicted octanol–water partition coefficient (Wildman–Crippen LogP) is 2.33. The van der Waals surface area contributed by atoms with Gasteiger partial charge >= 0.3 is 0 Å². The van der Waals surface area contributed by atoms with Gasteiger partial charge in [-0.2, -0.15) is 0 Å². The molecule has 3 saturated heterocycles. The first-order chi connectivity index (χ1) is 12.8. The minimum atomic E-state index is 0.435. The van der Waals surface area contributed by atoms with Crippen LogP contribution in [-0.2, 0) is 4.74 Å². The smallest absolute Gasteiger partial charge is 0.194 e. The highest BCUT2D eigenvalue weighted by molar-refractivity contribution is 5.81. The minimum absolute atomic E-state index is 0.435. The maximum Gasteiger partial charge on any atom is 0.194 e. The number of nitrogens with zero attached hydrogens (tertiary/aromatic N) is 3. The minimum Gasteiger partial charge on any atom is -0.377 e. The van der Waals surface area contributed by atoms with E-state index in [1.165, 1.54) is 83.6 Å². The van der Waals surface area contributed by atoms with Gasteiger partial charge in [-0.05, 0) is 64.5 Å². The molecule has 0 radical (unpaired) electrons. The zero-order valence-corrected chi connectivity index (χ0v) is 16.5. The van der Waals surface area contributed by atoms with Gasteiger partial charge in [0.25, 0.3) is 0 Å². The number of likely N-dealkylation sites (tertiary alicyclic amines) is 2. The number of ether oxygens (including phenoxy) is 1. The van der Waals surface area contributed by atoms with Gasteiger partial charge in [0, 0.05) is 50.2 Å². The van der Waals surface area contributed by atoms with Crippen LogP contribution in [0.2, 0.25) is 0 Å².